The molecule has 0 aliphatic rings. The first-order valence-corrected chi connectivity index (χ1v) is 8.81. The van der Waals surface area contributed by atoms with Gasteiger partial charge in [-0.2, -0.15) is 0 Å². The number of amides is 2. The number of benzene rings is 2. The Morgan fingerprint density at radius 1 is 1.20 bits per heavy atom. The molecular weight excluding hydrogens is 387 g/mol. The molecule has 0 heterocycles. The fourth-order valence-corrected chi connectivity index (χ4v) is 2.95. The standard InChI is InChI=1S/C19H20BrFN2O2/c1-3-10-23(19(25)15-9-8-14(21)11-16(15)20)12-18(24)22-17-7-5-4-6-13(17)2/h4-9,11H,3,10,12H2,1-2H3,(H,22,24). The summed E-state index contributed by atoms with van der Waals surface area (Å²) in [5, 5.41) is 2.82. The molecule has 6 heteroatoms. The Morgan fingerprint density at radius 3 is 2.56 bits per heavy atom. The number of aryl methyl sites for hydroxylation is 1. The van der Waals surface area contributed by atoms with E-state index in [2.05, 4.69) is 21.2 Å². The van der Waals surface area contributed by atoms with E-state index in [1.807, 2.05) is 38.1 Å². The lowest BCUT2D eigenvalue weighted by Gasteiger charge is -2.22. The number of nitrogens with one attached hydrogen (secondary N) is 1. The summed E-state index contributed by atoms with van der Waals surface area (Å²) in [6.45, 7) is 4.20. The average molecular weight is 407 g/mol. The molecule has 0 aliphatic heterocycles. The molecule has 0 unspecified atom stereocenters. The molecule has 0 bridgehead atoms. The van der Waals surface area contributed by atoms with E-state index in [-0.39, 0.29) is 18.4 Å². The molecule has 0 aliphatic carbocycles. The minimum Gasteiger partial charge on any atom is -0.329 e. The molecule has 132 valence electrons. The molecule has 25 heavy (non-hydrogen) atoms. The van der Waals surface area contributed by atoms with Crippen molar-refractivity contribution in [3.63, 3.8) is 0 Å². The van der Waals surface area contributed by atoms with Gasteiger partial charge in [-0.25, -0.2) is 4.39 Å². The minimum atomic E-state index is -0.428. The molecule has 2 rings (SSSR count). The van der Waals surface area contributed by atoms with Crippen LogP contribution in [0.5, 0.6) is 0 Å². The molecule has 4 nitrogen and oxygen atoms in total. The van der Waals surface area contributed by atoms with E-state index in [9.17, 15) is 14.0 Å². The van der Waals surface area contributed by atoms with Crippen molar-refractivity contribution in [1.29, 1.82) is 0 Å². The molecule has 0 saturated heterocycles. The molecule has 0 aromatic heterocycles. The highest BCUT2D eigenvalue weighted by molar-refractivity contribution is 9.10. The van der Waals surface area contributed by atoms with Crippen LogP contribution >= 0.6 is 15.9 Å². The Labute approximate surface area is 155 Å². The predicted octanol–water partition coefficient (Wildman–Crippen LogP) is 4.39. The number of para-hydroxylation sites is 1. The van der Waals surface area contributed by atoms with Crippen LogP contribution in [0, 0.1) is 12.7 Å². The zero-order valence-corrected chi connectivity index (χ0v) is 15.8. The second kappa shape index (κ2) is 8.76. The lowest BCUT2D eigenvalue weighted by molar-refractivity contribution is -0.116. The van der Waals surface area contributed by atoms with E-state index < -0.39 is 5.82 Å². The molecule has 0 spiro atoms. The molecule has 2 aromatic carbocycles. The van der Waals surface area contributed by atoms with Crippen molar-refractivity contribution < 1.29 is 14.0 Å². The van der Waals surface area contributed by atoms with Gasteiger partial charge in [-0.1, -0.05) is 25.1 Å². The second-order valence-corrected chi connectivity index (χ2v) is 6.57. The zero-order chi connectivity index (χ0) is 18.4. The van der Waals surface area contributed by atoms with E-state index in [1.165, 1.54) is 23.1 Å². The SMILES string of the molecule is CCCN(CC(=O)Nc1ccccc1C)C(=O)c1ccc(F)cc1Br. The molecule has 0 saturated carbocycles. The first-order valence-electron chi connectivity index (χ1n) is 8.02. The van der Waals surface area contributed by atoms with Crippen LogP contribution in [0.25, 0.3) is 0 Å². The number of hydrogen-bond acceptors (Lipinski definition) is 2. The third-order valence-electron chi connectivity index (χ3n) is 3.70. The Bertz CT molecular complexity index is 780. The van der Waals surface area contributed by atoms with Crippen LogP contribution in [0.3, 0.4) is 0 Å². The monoisotopic (exact) mass is 406 g/mol. The van der Waals surface area contributed by atoms with E-state index in [1.54, 1.807) is 0 Å². The smallest absolute Gasteiger partial charge is 0.255 e. The van der Waals surface area contributed by atoms with Gasteiger partial charge in [-0.05, 0) is 59.1 Å². The zero-order valence-electron chi connectivity index (χ0n) is 14.2. The van der Waals surface area contributed by atoms with Gasteiger partial charge in [-0.3, -0.25) is 9.59 Å². The number of nitrogens with zero attached hydrogens (tertiary/aromatic N) is 1. The van der Waals surface area contributed by atoms with Crippen molar-refractivity contribution in [1.82, 2.24) is 4.90 Å². The highest BCUT2D eigenvalue weighted by Gasteiger charge is 2.20. The van der Waals surface area contributed by atoms with Gasteiger partial charge in [0.15, 0.2) is 0 Å². The third-order valence-corrected chi connectivity index (χ3v) is 4.35. The lowest BCUT2D eigenvalue weighted by Crippen LogP contribution is -2.38. The maximum absolute atomic E-state index is 13.2. The third kappa shape index (κ3) is 5.13. The number of anilines is 1. The first kappa shape index (κ1) is 19.1. The first-order chi connectivity index (χ1) is 11.9. The number of halogens is 2. The summed E-state index contributed by atoms with van der Waals surface area (Å²) in [5.41, 5.74) is 2.00. The quantitative estimate of drug-likeness (QED) is 0.773. The topological polar surface area (TPSA) is 49.4 Å². The van der Waals surface area contributed by atoms with Gasteiger partial charge in [0.05, 0.1) is 5.56 Å². The Balaban J connectivity index is 2.13. The van der Waals surface area contributed by atoms with Gasteiger partial charge in [-0.15, -0.1) is 0 Å². The summed E-state index contributed by atoms with van der Waals surface area (Å²) >= 11 is 3.21. The Morgan fingerprint density at radius 2 is 1.92 bits per heavy atom. The molecule has 2 aromatic rings. The van der Waals surface area contributed by atoms with Crippen LogP contribution in [0.15, 0.2) is 46.9 Å². The number of rotatable bonds is 6. The van der Waals surface area contributed by atoms with E-state index in [0.717, 1.165) is 11.3 Å². The van der Waals surface area contributed by atoms with Crippen LogP contribution in [0.4, 0.5) is 10.1 Å². The lowest BCUT2D eigenvalue weighted by atomic mass is 10.2. The summed E-state index contributed by atoms with van der Waals surface area (Å²) in [5.74, 6) is -1.01. The van der Waals surface area contributed by atoms with Crippen molar-refractivity contribution in [3.05, 3.63) is 63.9 Å². The average Bonchev–Trinajstić information content (AvgIpc) is 2.56. The van der Waals surface area contributed by atoms with Crippen molar-refractivity contribution in [3.8, 4) is 0 Å². The van der Waals surface area contributed by atoms with Gasteiger partial charge in [0, 0.05) is 16.7 Å². The minimum absolute atomic E-state index is 0.0647. The molecule has 1 N–H and O–H groups in total. The highest BCUT2D eigenvalue weighted by Crippen LogP contribution is 2.20. The number of hydrogen-bond donors (Lipinski definition) is 1. The van der Waals surface area contributed by atoms with Gasteiger partial charge in [0.25, 0.3) is 5.91 Å². The second-order valence-electron chi connectivity index (χ2n) is 5.71. The fourth-order valence-electron chi connectivity index (χ4n) is 2.43. The number of carbonyl (C=O) groups is 2. The maximum Gasteiger partial charge on any atom is 0.255 e. The van der Waals surface area contributed by atoms with Crippen LogP contribution in [-0.4, -0.2) is 29.8 Å². The van der Waals surface area contributed by atoms with E-state index >= 15 is 0 Å². The molecule has 0 atom stereocenters. The van der Waals surface area contributed by atoms with Crippen molar-refractivity contribution in [2.75, 3.05) is 18.4 Å². The summed E-state index contributed by atoms with van der Waals surface area (Å²) < 4.78 is 13.6. The largest absolute Gasteiger partial charge is 0.329 e. The van der Waals surface area contributed by atoms with Crippen LogP contribution in [0.2, 0.25) is 0 Å². The number of carbonyl (C=O) groups excluding carboxylic acids is 2. The van der Waals surface area contributed by atoms with E-state index in [0.29, 0.717) is 23.0 Å². The highest BCUT2D eigenvalue weighted by atomic mass is 79.9. The summed E-state index contributed by atoms with van der Waals surface area (Å²) in [7, 11) is 0. The van der Waals surface area contributed by atoms with Crippen molar-refractivity contribution >= 4 is 33.4 Å². The van der Waals surface area contributed by atoms with Gasteiger partial charge >= 0.3 is 0 Å². The van der Waals surface area contributed by atoms with Gasteiger partial charge in [0.1, 0.15) is 12.4 Å². The molecule has 0 radical (unpaired) electrons. The van der Waals surface area contributed by atoms with Gasteiger partial charge in [0.2, 0.25) is 5.91 Å². The van der Waals surface area contributed by atoms with Crippen molar-refractivity contribution in [2.24, 2.45) is 0 Å². The molecule has 0 fully saturated rings. The molecular formula is C19H20BrFN2O2. The predicted molar refractivity (Wildman–Crippen MR) is 100 cm³/mol. The van der Waals surface area contributed by atoms with Crippen LogP contribution in [0.1, 0.15) is 29.3 Å². The van der Waals surface area contributed by atoms with E-state index in [4.69, 9.17) is 0 Å². The normalized spacial score (nSPS) is 10.4. The maximum atomic E-state index is 13.2. The Kier molecular flexibility index (Phi) is 6.70. The van der Waals surface area contributed by atoms with Crippen LogP contribution in [-0.2, 0) is 4.79 Å². The fraction of sp³-hybridized carbons (Fsp3) is 0.263. The summed E-state index contributed by atoms with van der Waals surface area (Å²) in [6, 6.07) is 11.3. The molecule has 2 amide bonds. The Hall–Kier alpha value is -2.21. The van der Waals surface area contributed by atoms with Gasteiger partial charge < -0.3 is 10.2 Å². The summed E-state index contributed by atoms with van der Waals surface area (Å²) in [4.78, 5) is 26.5. The summed E-state index contributed by atoms with van der Waals surface area (Å²) in [6.07, 6.45) is 0.711. The van der Waals surface area contributed by atoms with Crippen molar-refractivity contribution in [2.45, 2.75) is 20.3 Å². The van der Waals surface area contributed by atoms with Crippen LogP contribution < -0.4 is 5.32 Å².